The van der Waals surface area contributed by atoms with Gasteiger partial charge in [0.1, 0.15) is 6.29 Å². The molecule has 0 unspecified atom stereocenters. The lowest BCUT2D eigenvalue weighted by atomic mass is 9.83. The molecule has 102 valence electrons. The molecule has 0 radical (unpaired) electrons. The van der Waals surface area contributed by atoms with Crippen LogP contribution < -0.4 is 0 Å². The molecule has 1 fully saturated rings. The van der Waals surface area contributed by atoms with Gasteiger partial charge in [-0.1, -0.05) is 61.7 Å². The average molecular weight is 264 g/mol. The van der Waals surface area contributed by atoms with Crippen molar-refractivity contribution in [2.45, 2.75) is 38.0 Å². The van der Waals surface area contributed by atoms with Gasteiger partial charge in [-0.2, -0.15) is 0 Å². The Bertz CT molecular complexity index is 577. The number of rotatable bonds is 3. The van der Waals surface area contributed by atoms with Gasteiger partial charge in [-0.3, -0.25) is 4.79 Å². The molecule has 0 heterocycles. The zero-order chi connectivity index (χ0) is 13.8. The van der Waals surface area contributed by atoms with E-state index in [9.17, 15) is 4.79 Å². The van der Waals surface area contributed by atoms with Crippen LogP contribution in [0.5, 0.6) is 0 Å². The molecular formula is C19H20O. The highest BCUT2D eigenvalue weighted by Crippen LogP contribution is 2.33. The Kier molecular flexibility index (Phi) is 3.96. The molecule has 3 rings (SSSR count). The maximum Gasteiger partial charge on any atom is 0.150 e. The summed E-state index contributed by atoms with van der Waals surface area (Å²) in [6.07, 6.45) is 7.70. The van der Waals surface area contributed by atoms with Crippen molar-refractivity contribution in [1.29, 1.82) is 0 Å². The topological polar surface area (TPSA) is 17.1 Å². The second kappa shape index (κ2) is 6.04. The second-order valence-corrected chi connectivity index (χ2v) is 5.70. The van der Waals surface area contributed by atoms with Crippen molar-refractivity contribution in [2.24, 2.45) is 0 Å². The molecule has 0 aromatic heterocycles. The van der Waals surface area contributed by atoms with Crippen molar-refractivity contribution < 1.29 is 4.79 Å². The summed E-state index contributed by atoms with van der Waals surface area (Å²) >= 11 is 0. The highest BCUT2D eigenvalue weighted by molar-refractivity contribution is 5.78. The monoisotopic (exact) mass is 264 g/mol. The summed E-state index contributed by atoms with van der Waals surface area (Å²) in [5, 5.41) is 0. The molecule has 1 saturated carbocycles. The van der Waals surface area contributed by atoms with E-state index >= 15 is 0 Å². The molecule has 0 N–H and O–H groups in total. The number of aldehydes is 1. The van der Waals surface area contributed by atoms with Crippen molar-refractivity contribution in [3.8, 4) is 11.1 Å². The maximum absolute atomic E-state index is 10.9. The molecule has 0 amide bonds. The van der Waals surface area contributed by atoms with E-state index in [1.165, 1.54) is 43.2 Å². The SMILES string of the molecule is O=Cc1cccc(-c2ccc(C3CCCCC3)cc2)c1. The molecule has 1 nitrogen and oxygen atoms in total. The second-order valence-electron chi connectivity index (χ2n) is 5.70. The minimum atomic E-state index is 0.735. The average Bonchev–Trinajstić information content (AvgIpc) is 2.56. The van der Waals surface area contributed by atoms with Crippen LogP contribution >= 0.6 is 0 Å². The highest BCUT2D eigenvalue weighted by Gasteiger charge is 2.15. The molecule has 0 saturated heterocycles. The Morgan fingerprint density at radius 3 is 2.30 bits per heavy atom. The first kappa shape index (κ1) is 13.1. The van der Waals surface area contributed by atoms with Gasteiger partial charge >= 0.3 is 0 Å². The molecule has 0 atom stereocenters. The Morgan fingerprint density at radius 1 is 0.850 bits per heavy atom. The van der Waals surface area contributed by atoms with E-state index in [0.29, 0.717) is 0 Å². The van der Waals surface area contributed by atoms with Crippen molar-refractivity contribution in [2.75, 3.05) is 0 Å². The quantitative estimate of drug-likeness (QED) is 0.695. The van der Waals surface area contributed by atoms with Crippen LogP contribution in [-0.4, -0.2) is 6.29 Å². The van der Waals surface area contributed by atoms with Gasteiger partial charge < -0.3 is 0 Å². The lowest BCUT2D eigenvalue weighted by Crippen LogP contribution is -2.04. The van der Waals surface area contributed by atoms with Crippen LogP contribution in [0.2, 0.25) is 0 Å². The summed E-state index contributed by atoms with van der Waals surface area (Å²) in [7, 11) is 0. The van der Waals surface area contributed by atoms with Crippen molar-refractivity contribution in [3.05, 3.63) is 59.7 Å². The fourth-order valence-electron chi connectivity index (χ4n) is 3.18. The first-order valence-electron chi connectivity index (χ1n) is 7.52. The van der Waals surface area contributed by atoms with Crippen LogP contribution in [0.25, 0.3) is 11.1 Å². The van der Waals surface area contributed by atoms with Crippen LogP contribution in [0, 0.1) is 0 Å². The van der Waals surface area contributed by atoms with Crippen molar-refractivity contribution in [3.63, 3.8) is 0 Å². The molecule has 20 heavy (non-hydrogen) atoms. The highest BCUT2D eigenvalue weighted by atomic mass is 16.1. The lowest BCUT2D eigenvalue weighted by Gasteiger charge is -2.22. The third kappa shape index (κ3) is 2.82. The number of carbonyl (C=O) groups excluding carboxylic acids is 1. The molecule has 1 aliphatic carbocycles. The predicted octanol–water partition coefficient (Wildman–Crippen LogP) is 5.21. The molecule has 0 aliphatic heterocycles. The van der Waals surface area contributed by atoms with E-state index in [1.807, 2.05) is 18.2 Å². The minimum Gasteiger partial charge on any atom is -0.298 e. The van der Waals surface area contributed by atoms with Gasteiger partial charge in [0, 0.05) is 5.56 Å². The van der Waals surface area contributed by atoms with Gasteiger partial charge in [0.2, 0.25) is 0 Å². The molecule has 2 aromatic carbocycles. The molecule has 0 spiro atoms. The standard InChI is InChI=1S/C19H20O/c20-14-15-5-4-8-19(13-15)18-11-9-17(10-12-18)16-6-2-1-3-7-16/h4-5,8-14,16H,1-3,6-7H2. The Morgan fingerprint density at radius 2 is 1.60 bits per heavy atom. The molecule has 0 bridgehead atoms. The van der Waals surface area contributed by atoms with Crippen molar-refractivity contribution in [1.82, 2.24) is 0 Å². The summed E-state index contributed by atoms with van der Waals surface area (Å²) in [5.41, 5.74) is 4.51. The van der Waals surface area contributed by atoms with E-state index < -0.39 is 0 Å². The normalized spacial score (nSPS) is 16.0. The first-order chi connectivity index (χ1) is 9.86. The molecule has 2 aromatic rings. The zero-order valence-corrected chi connectivity index (χ0v) is 11.7. The van der Waals surface area contributed by atoms with E-state index in [4.69, 9.17) is 0 Å². The fraction of sp³-hybridized carbons (Fsp3) is 0.316. The third-order valence-electron chi connectivity index (χ3n) is 4.34. The number of carbonyl (C=O) groups is 1. The lowest BCUT2D eigenvalue weighted by molar-refractivity contribution is 0.112. The number of hydrogen-bond acceptors (Lipinski definition) is 1. The Labute approximate surface area is 120 Å². The predicted molar refractivity (Wildman–Crippen MR) is 83.1 cm³/mol. The summed E-state index contributed by atoms with van der Waals surface area (Å²) in [5.74, 6) is 0.749. The number of benzene rings is 2. The maximum atomic E-state index is 10.9. The van der Waals surface area contributed by atoms with Crippen molar-refractivity contribution >= 4 is 6.29 Å². The van der Waals surface area contributed by atoms with E-state index in [2.05, 4.69) is 30.3 Å². The van der Waals surface area contributed by atoms with Gasteiger partial charge in [0.25, 0.3) is 0 Å². The summed E-state index contributed by atoms with van der Waals surface area (Å²) in [6, 6.07) is 16.7. The van der Waals surface area contributed by atoms with Gasteiger partial charge in [-0.15, -0.1) is 0 Å². The van der Waals surface area contributed by atoms with E-state index in [1.54, 1.807) is 0 Å². The Hall–Kier alpha value is -1.89. The largest absolute Gasteiger partial charge is 0.298 e. The summed E-state index contributed by atoms with van der Waals surface area (Å²) < 4.78 is 0. The van der Waals surface area contributed by atoms with Crippen LogP contribution in [0.1, 0.15) is 53.9 Å². The summed E-state index contributed by atoms with van der Waals surface area (Å²) in [4.78, 5) is 10.9. The van der Waals surface area contributed by atoms with Crippen LogP contribution in [-0.2, 0) is 0 Å². The third-order valence-corrected chi connectivity index (χ3v) is 4.34. The first-order valence-corrected chi connectivity index (χ1v) is 7.52. The van der Waals surface area contributed by atoms with Gasteiger partial charge in [-0.25, -0.2) is 0 Å². The molecule has 1 heteroatoms. The van der Waals surface area contributed by atoms with Crippen LogP contribution in [0.3, 0.4) is 0 Å². The Balaban J connectivity index is 1.83. The smallest absolute Gasteiger partial charge is 0.150 e. The van der Waals surface area contributed by atoms with Crippen LogP contribution in [0.15, 0.2) is 48.5 Å². The fourth-order valence-corrected chi connectivity index (χ4v) is 3.18. The van der Waals surface area contributed by atoms with Crippen LogP contribution in [0.4, 0.5) is 0 Å². The van der Waals surface area contributed by atoms with Gasteiger partial charge in [-0.05, 0) is 41.5 Å². The van der Waals surface area contributed by atoms with E-state index in [-0.39, 0.29) is 0 Å². The van der Waals surface area contributed by atoms with Gasteiger partial charge in [0.15, 0.2) is 0 Å². The molecule has 1 aliphatic rings. The van der Waals surface area contributed by atoms with E-state index in [0.717, 1.165) is 23.3 Å². The minimum absolute atomic E-state index is 0.735. The molecular weight excluding hydrogens is 244 g/mol. The summed E-state index contributed by atoms with van der Waals surface area (Å²) in [6.45, 7) is 0. The number of hydrogen-bond donors (Lipinski definition) is 0. The zero-order valence-electron chi connectivity index (χ0n) is 11.7. The van der Waals surface area contributed by atoms with Gasteiger partial charge in [0.05, 0.1) is 0 Å².